The monoisotopic (exact) mass is 268 g/mol. The lowest BCUT2D eigenvalue weighted by Gasteiger charge is -2.04. The van der Waals surface area contributed by atoms with E-state index in [4.69, 9.17) is 5.11 Å². The van der Waals surface area contributed by atoms with Crippen molar-refractivity contribution in [2.45, 2.75) is 0 Å². The lowest BCUT2D eigenvalue weighted by atomic mass is 10.2. The van der Waals surface area contributed by atoms with E-state index in [1.54, 1.807) is 0 Å². The number of carboxylic acids is 1. The summed E-state index contributed by atoms with van der Waals surface area (Å²) in [6.07, 6.45) is 0. The van der Waals surface area contributed by atoms with Crippen LogP contribution >= 0.6 is 0 Å². The zero-order valence-corrected chi connectivity index (χ0v) is 9.15. The van der Waals surface area contributed by atoms with Crippen molar-refractivity contribution in [1.29, 1.82) is 0 Å². The first-order valence-corrected chi connectivity index (χ1v) is 4.91. The molecular weight excluding hydrogens is 262 g/mol. The molecule has 1 aromatic heterocycles. The van der Waals surface area contributed by atoms with E-state index in [2.05, 4.69) is 4.98 Å². The number of benzene rings is 1. The van der Waals surface area contributed by atoms with Crippen LogP contribution in [0.1, 0.15) is 10.5 Å². The van der Waals surface area contributed by atoms with Crippen LogP contribution in [0.25, 0.3) is 11.4 Å². The number of rotatable bonds is 2. The largest absolute Gasteiger partial charge is 0.501 e. The predicted molar refractivity (Wildman–Crippen MR) is 58.8 cm³/mol. The molecule has 0 amide bonds. The molecule has 0 bridgehead atoms. The van der Waals surface area contributed by atoms with Crippen molar-refractivity contribution in [1.82, 2.24) is 9.97 Å². The van der Waals surface area contributed by atoms with Crippen molar-refractivity contribution in [3.8, 4) is 17.1 Å². The maximum atomic E-state index is 13.0. The number of carboxylic acid groups (broad SMARTS) is 1. The van der Waals surface area contributed by atoms with Gasteiger partial charge in [-0.15, -0.1) is 0 Å². The second kappa shape index (κ2) is 4.48. The molecule has 0 saturated heterocycles. The fraction of sp³-hybridized carbons (Fsp3) is 0. The summed E-state index contributed by atoms with van der Waals surface area (Å²) >= 11 is 0. The molecule has 0 unspecified atom stereocenters. The Bertz CT molecular complexity index is 707. The molecule has 0 fully saturated rings. The Labute approximate surface area is 104 Å². The molecule has 0 aliphatic heterocycles. The van der Waals surface area contributed by atoms with Crippen LogP contribution in [0.4, 0.5) is 8.78 Å². The van der Waals surface area contributed by atoms with Gasteiger partial charge in [-0.2, -0.15) is 0 Å². The molecule has 0 aliphatic rings. The molecule has 98 valence electrons. The fourth-order valence-corrected chi connectivity index (χ4v) is 1.44. The molecule has 3 N–H and O–H groups in total. The van der Waals surface area contributed by atoms with Gasteiger partial charge < -0.3 is 15.2 Å². The molecule has 0 spiro atoms. The Morgan fingerprint density at radius 2 is 1.79 bits per heavy atom. The number of aromatic nitrogens is 2. The van der Waals surface area contributed by atoms with E-state index in [9.17, 15) is 23.5 Å². The van der Waals surface area contributed by atoms with Gasteiger partial charge in [-0.3, -0.25) is 4.79 Å². The molecule has 0 saturated carbocycles. The highest BCUT2D eigenvalue weighted by Gasteiger charge is 2.18. The van der Waals surface area contributed by atoms with Gasteiger partial charge >= 0.3 is 5.97 Å². The number of carbonyl (C=O) groups is 1. The van der Waals surface area contributed by atoms with E-state index in [1.165, 1.54) is 0 Å². The van der Waals surface area contributed by atoms with Crippen LogP contribution in [0.3, 0.4) is 0 Å². The standard InChI is InChI=1S/C11H6F2N2O4/c12-5-1-4(2-6(13)3-5)9-14-7(11(18)19)8(16)10(17)15-9/h1-3,16H,(H,18,19)(H,14,15,17). The first kappa shape index (κ1) is 12.7. The number of nitrogens with one attached hydrogen (secondary N) is 1. The quantitative estimate of drug-likeness (QED) is 0.757. The first-order valence-electron chi connectivity index (χ1n) is 4.91. The van der Waals surface area contributed by atoms with Crippen LogP contribution in [-0.4, -0.2) is 26.2 Å². The first-order chi connectivity index (χ1) is 8.88. The third-order valence-corrected chi connectivity index (χ3v) is 2.23. The minimum Gasteiger partial charge on any atom is -0.501 e. The molecule has 0 radical (unpaired) electrons. The van der Waals surface area contributed by atoms with E-state index in [-0.39, 0.29) is 11.4 Å². The highest BCUT2D eigenvalue weighted by molar-refractivity contribution is 5.88. The van der Waals surface area contributed by atoms with E-state index >= 15 is 0 Å². The normalized spacial score (nSPS) is 10.4. The maximum absolute atomic E-state index is 13.0. The summed E-state index contributed by atoms with van der Waals surface area (Å²) < 4.78 is 26.1. The van der Waals surface area contributed by atoms with Crippen molar-refractivity contribution < 1.29 is 23.8 Å². The Morgan fingerprint density at radius 1 is 1.21 bits per heavy atom. The maximum Gasteiger partial charge on any atom is 0.358 e. The summed E-state index contributed by atoms with van der Waals surface area (Å²) in [6, 6.07) is 2.34. The Hall–Kier alpha value is -2.77. The molecule has 1 heterocycles. The third-order valence-electron chi connectivity index (χ3n) is 2.23. The van der Waals surface area contributed by atoms with Crippen molar-refractivity contribution in [2.24, 2.45) is 0 Å². The average molecular weight is 268 g/mol. The molecule has 6 nitrogen and oxygen atoms in total. The Morgan fingerprint density at radius 3 is 2.32 bits per heavy atom. The van der Waals surface area contributed by atoms with E-state index < -0.39 is 34.6 Å². The van der Waals surface area contributed by atoms with Gasteiger partial charge in [0.25, 0.3) is 5.56 Å². The SMILES string of the molecule is O=C(O)c1nc(-c2cc(F)cc(F)c2)[nH]c(=O)c1O. The number of hydrogen-bond acceptors (Lipinski definition) is 4. The molecule has 2 rings (SSSR count). The minimum absolute atomic E-state index is 0.155. The molecular formula is C11H6F2N2O4. The predicted octanol–water partition coefficient (Wildman–Crippen LogP) is 1.12. The lowest BCUT2D eigenvalue weighted by Crippen LogP contribution is -2.15. The van der Waals surface area contributed by atoms with Crippen LogP contribution in [0.15, 0.2) is 23.0 Å². The van der Waals surface area contributed by atoms with Crippen molar-refractivity contribution in [3.05, 3.63) is 45.9 Å². The van der Waals surface area contributed by atoms with Gasteiger partial charge in [0.1, 0.15) is 17.5 Å². The van der Waals surface area contributed by atoms with Crippen LogP contribution in [-0.2, 0) is 0 Å². The second-order valence-electron chi connectivity index (χ2n) is 3.58. The van der Waals surface area contributed by atoms with Gasteiger partial charge in [-0.25, -0.2) is 18.6 Å². The number of aromatic hydroxyl groups is 1. The zero-order chi connectivity index (χ0) is 14.2. The van der Waals surface area contributed by atoms with Crippen molar-refractivity contribution >= 4 is 5.97 Å². The van der Waals surface area contributed by atoms with Crippen molar-refractivity contribution in [2.75, 3.05) is 0 Å². The minimum atomic E-state index is -1.64. The number of aromatic amines is 1. The van der Waals surface area contributed by atoms with Crippen LogP contribution in [0, 0.1) is 11.6 Å². The summed E-state index contributed by atoms with van der Waals surface area (Å²) in [5.41, 5.74) is -2.17. The molecule has 19 heavy (non-hydrogen) atoms. The molecule has 8 heteroatoms. The van der Waals surface area contributed by atoms with E-state index in [0.29, 0.717) is 6.07 Å². The van der Waals surface area contributed by atoms with Crippen LogP contribution in [0.2, 0.25) is 0 Å². The van der Waals surface area contributed by atoms with Crippen molar-refractivity contribution in [3.63, 3.8) is 0 Å². The summed E-state index contributed by atoms with van der Waals surface area (Å²) in [6.45, 7) is 0. The van der Waals surface area contributed by atoms with Gasteiger partial charge in [0.2, 0.25) is 5.75 Å². The average Bonchev–Trinajstić information content (AvgIpc) is 2.30. The van der Waals surface area contributed by atoms with Gasteiger partial charge in [-0.05, 0) is 12.1 Å². The molecule has 0 aliphatic carbocycles. The molecule has 2 aromatic rings. The molecule has 0 atom stereocenters. The zero-order valence-electron chi connectivity index (χ0n) is 9.15. The summed E-state index contributed by atoms with van der Waals surface area (Å²) in [5, 5.41) is 18.0. The third kappa shape index (κ3) is 2.41. The molecule has 1 aromatic carbocycles. The number of halogens is 2. The van der Waals surface area contributed by atoms with Gasteiger partial charge in [0.05, 0.1) is 0 Å². The summed E-state index contributed by atoms with van der Waals surface area (Å²) in [4.78, 5) is 27.6. The Kier molecular flexibility index (Phi) is 2.99. The summed E-state index contributed by atoms with van der Waals surface area (Å²) in [7, 11) is 0. The lowest BCUT2D eigenvalue weighted by molar-refractivity contribution is 0.0686. The smallest absolute Gasteiger partial charge is 0.358 e. The van der Waals surface area contributed by atoms with Crippen LogP contribution < -0.4 is 5.56 Å². The fourth-order valence-electron chi connectivity index (χ4n) is 1.44. The van der Waals surface area contributed by atoms with Gasteiger partial charge in [0.15, 0.2) is 5.69 Å². The highest BCUT2D eigenvalue weighted by atomic mass is 19.1. The summed E-state index contributed by atoms with van der Waals surface area (Å²) in [5.74, 6) is -4.90. The highest BCUT2D eigenvalue weighted by Crippen LogP contribution is 2.19. The van der Waals surface area contributed by atoms with E-state index in [1.807, 2.05) is 4.98 Å². The van der Waals surface area contributed by atoms with Gasteiger partial charge in [-0.1, -0.05) is 0 Å². The van der Waals surface area contributed by atoms with Crippen LogP contribution in [0.5, 0.6) is 5.75 Å². The number of hydrogen-bond donors (Lipinski definition) is 3. The van der Waals surface area contributed by atoms with Gasteiger partial charge in [0, 0.05) is 11.6 Å². The Balaban J connectivity index is 2.69. The van der Waals surface area contributed by atoms with E-state index in [0.717, 1.165) is 12.1 Å². The second-order valence-corrected chi connectivity index (χ2v) is 3.58. The number of H-pyrrole nitrogens is 1. The number of nitrogens with zero attached hydrogens (tertiary/aromatic N) is 1. The number of aromatic carboxylic acids is 1. The topological polar surface area (TPSA) is 103 Å².